The standard InChI is InChI=1S/C8H11N3O/c1-5(12)8(10)6-2-3-11-7(9)4-6/h2-4,8H,10H2,1H3,(H2,9,11). The van der Waals surface area contributed by atoms with Gasteiger partial charge in [-0.2, -0.15) is 0 Å². The highest BCUT2D eigenvalue weighted by Crippen LogP contribution is 2.11. The third kappa shape index (κ3) is 1.79. The first kappa shape index (κ1) is 8.67. The van der Waals surface area contributed by atoms with Gasteiger partial charge in [-0.15, -0.1) is 0 Å². The molecule has 1 unspecified atom stereocenters. The van der Waals surface area contributed by atoms with E-state index < -0.39 is 6.04 Å². The number of ketones is 1. The topological polar surface area (TPSA) is 82.0 Å². The van der Waals surface area contributed by atoms with Crippen LogP contribution in [0.25, 0.3) is 0 Å². The Balaban J connectivity index is 2.95. The Morgan fingerprint density at radius 2 is 2.33 bits per heavy atom. The molecule has 0 aliphatic carbocycles. The Hall–Kier alpha value is -1.42. The van der Waals surface area contributed by atoms with Gasteiger partial charge < -0.3 is 11.5 Å². The van der Waals surface area contributed by atoms with Crippen LogP contribution in [0.3, 0.4) is 0 Å². The summed E-state index contributed by atoms with van der Waals surface area (Å²) < 4.78 is 0. The van der Waals surface area contributed by atoms with E-state index in [1.54, 1.807) is 12.1 Å². The van der Waals surface area contributed by atoms with Gasteiger partial charge in [-0.3, -0.25) is 4.79 Å². The van der Waals surface area contributed by atoms with Gasteiger partial charge in [0.1, 0.15) is 5.82 Å². The second-order valence-corrected chi connectivity index (χ2v) is 2.60. The van der Waals surface area contributed by atoms with E-state index in [1.165, 1.54) is 13.1 Å². The second kappa shape index (κ2) is 3.32. The molecule has 1 atom stereocenters. The summed E-state index contributed by atoms with van der Waals surface area (Å²) in [5.74, 6) is 0.296. The van der Waals surface area contributed by atoms with Gasteiger partial charge in [0.25, 0.3) is 0 Å². The lowest BCUT2D eigenvalue weighted by Gasteiger charge is -2.07. The van der Waals surface area contributed by atoms with Crippen LogP contribution in [0.2, 0.25) is 0 Å². The number of hydrogen-bond acceptors (Lipinski definition) is 4. The maximum atomic E-state index is 10.9. The number of carbonyl (C=O) groups is 1. The number of Topliss-reactive ketones (excluding diaryl/α,β-unsaturated/α-hetero) is 1. The molecule has 0 aliphatic heterocycles. The normalized spacial score (nSPS) is 12.5. The van der Waals surface area contributed by atoms with Crippen LogP contribution in [-0.4, -0.2) is 10.8 Å². The Labute approximate surface area is 70.6 Å². The summed E-state index contributed by atoms with van der Waals surface area (Å²) in [6, 6.07) is 2.70. The minimum Gasteiger partial charge on any atom is -0.384 e. The molecule has 0 aliphatic rings. The molecule has 0 aromatic carbocycles. The fraction of sp³-hybridized carbons (Fsp3) is 0.250. The Kier molecular flexibility index (Phi) is 2.40. The van der Waals surface area contributed by atoms with Crippen LogP contribution < -0.4 is 11.5 Å². The fourth-order valence-corrected chi connectivity index (χ4v) is 0.894. The first-order valence-electron chi connectivity index (χ1n) is 3.58. The predicted molar refractivity (Wildman–Crippen MR) is 46.3 cm³/mol. The van der Waals surface area contributed by atoms with Crippen molar-refractivity contribution in [1.29, 1.82) is 0 Å². The molecule has 1 heterocycles. The number of anilines is 1. The van der Waals surface area contributed by atoms with Gasteiger partial charge in [0, 0.05) is 6.20 Å². The van der Waals surface area contributed by atoms with E-state index in [0.29, 0.717) is 11.4 Å². The van der Waals surface area contributed by atoms with Crippen molar-refractivity contribution in [3.8, 4) is 0 Å². The molecule has 4 nitrogen and oxygen atoms in total. The highest BCUT2D eigenvalue weighted by atomic mass is 16.1. The average Bonchev–Trinajstić information content (AvgIpc) is 2.03. The molecule has 0 amide bonds. The van der Waals surface area contributed by atoms with Gasteiger partial charge in [0.2, 0.25) is 0 Å². The SMILES string of the molecule is CC(=O)C(N)c1ccnc(N)c1. The molecule has 0 radical (unpaired) electrons. The van der Waals surface area contributed by atoms with Crippen LogP contribution in [0.4, 0.5) is 5.82 Å². The van der Waals surface area contributed by atoms with E-state index in [9.17, 15) is 4.79 Å². The second-order valence-electron chi connectivity index (χ2n) is 2.60. The van der Waals surface area contributed by atoms with Gasteiger partial charge in [-0.05, 0) is 24.6 Å². The van der Waals surface area contributed by atoms with Crippen LogP contribution in [0.5, 0.6) is 0 Å². The molecule has 1 aromatic rings. The number of aromatic nitrogens is 1. The zero-order valence-corrected chi connectivity index (χ0v) is 6.82. The number of nitrogen functional groups attached to an aromatic ring is 1. The highest BCUT2D eigenvalue weighted by molar-refractivity contribution is 5.82. The highest BCUT2D eigenvalue weighted by Gasteiger charge is 2.10. The molecule has 0 saturated heterocycles. The van der Waals surface area contributed by atoms with Crippen molar-refractivity contribution in [3.05, 3.63) is 23.9 Å². The third-order valence-electron chi connectivity index (χ3n) is 1.60. The lowest BCUT2D eigenvalue weighted by Crippen LogP contribution is -2.18. The Morgan fingerprint density at radius 3 is 2.83 bits per heavy atom. The first-order chi connectivity index (χ1) is 5.61. The summed E-state index contributed by atoms with van der Waals surface area (Å²) in [7, 11) is 0. The van der Waals surface area contributed by atoms with Crippen LogP contribution in [0.1, 0.15) is 18.5 Å². The van der Waals surface area contributed by atoms with Crippen LogP contribution in [0, 0.1) is 0 Å². The van der Waals surface area contributed by atoms with E-state index >= 15 is 0 Å². The largest absolute Gasteiger partial charge is 0.384 e. The summed E-state index contributed by atoms with van der Waals surface area (Å²) in [5, 5.41) is 0. The molecule has 0 saturated carbocycles. The first-order valence-corrected chi connectivity index (χ1v) is 3.58. The summed E-state index contributed by atoms with van der Waals surface area (Å²) in [4.78, 5) is 14.7. The van der Waals surface area contributed by atoms with Gasteiger partial charge in [0.15, 0.2) is 5.78 Å². The van der Waals surface area contributed by atoms with Crippen molar-refractivity contribution in [2.24, 2.45) is 5.73 Å². The lowest BCUT2D eigenvalue weighted by molar-refractivity contribution is -0.118. The summed E-state index contributed by atoms with van der Waals surface area (Å²) in [6.07, 6.45) is 1.54. The van der Waals surface area contributed by atoms with Gasteiger partial charge in [-0.1, -0.05) is 0 Å². The average molecular weight is 165 g/mol. The van der Waals surface area contributed by atoms with E-state index in [4.69, 9.17) is 11.5 Å². The molecule has 1 rings (SSSR count). The van der Waals surface area contributed by atoms with Crippen LogP contribution >= 0.6 is 0 Å². The lowest BCUT2D eigenvalue weighted by atomic mass is 10.1. The zero-order chi connectivity index (χ0) is 9.14. The smallest absolute Gasteiger partial charge is 0.150 e. The minimum absolute atomic E-state index is 0.0828. The molecule has 4 heteroatoms. The Morgan fingerprint density at radius 1 is 1.67 bits per heavy atom. The van der Waals surface area contributed by atoms with E-state index in [2.05, 4.69) is 4.98 Å². The molecule has 0 bridgehead atoms. The van der Waals surface area contributed by atoms with Gasteiger partial charge in [-0.25, -0.2) is 4.98 Å². The molecule has 0 fully saturated rings. The van der Waals surface area contributed by atoms with E-state index in [0.717, 1.165) is 0 Å². The number of carbonyl (C=O) groups excluding carboxylic acids is 1. The maximum absolute atomic E-state index is 10.9. The van der Waals surface area contributed by atoms with Crippen LogP contribution in [-0.2, 0) is 4.79 Å². The number of hydrogen-bond donors (Lipinski definition) is 2. The number of nitrogens with zero attached hydrogens (tertiary/aromatic N) is 1. The summed E-state index contributed by atoms with van der Waals surface area (Å²) >= 11 is 0. The Bertz CT molecular complexity index is 298. The van der Waals surface area contributed by atoms with E-state index in [-0.39, 0.29) is 5.78 Å². The quantitative estimate of drug-likeness (QED) is 0.658. The zero-order valence-electron chi connectivity index (χ0n) is 6.82. The summed E-state index contributed by atoms with van der Waals surface area (Å²) in [5.41, 5.74) is 11.7. The van der Waals surface area contributed by atoms with Crippen molar-refractivity contribution in [3.63, 3.8) is 0 Å². The fourth-order valence-electron chi connectivity index (χ4n) is 0.894. The number of nitrogens with two attached hydrogens (primary N) is 2. The minimum atomic E-state index is -0.588. The van der Waals surface area contributed by atoms with Crippen molar-refractivity contribution in [2.75, 3.05) is 5.73 Å². The molecule has 4 N–H and O–H groups in total. The third-order valence-corrected chi connectivity index (χ3v) is 1.60. The molecular weight excluding hydrogens is 154 g/mol. The molecule has 12 heavy (non-hydrogen) atoms. The molecule has 64 valence electrons. The number of pyridine rings is 1. The molecule has 1 aromatic heterocycles. The van der Waals surface area contributed by atoms with Gasteiger partial charge >= 0.3 is 0 Å². The summed E-state index contributed by atoms with van der Waals surface area (Å²) in [6.45, 7) is 1.45. The van der Waals surface area contributed by atoms with Crippen LogP contribution in [0.15, 0.2) is 18.3 Å². The monoisotopic (exact) mass is 165 g/mol. The van der Waals surface area contributed by atoms with Crippen molar-refractivity contribution in [1.82, 2.24) is 4.98 Å². The predicted octanol–water partition coefficient (Wildman–Crippen LogP) is 0.253. The maximum Gasteiger partial charge on any atom is 0.150 e. The van der Waals surface area contributed by atoms with Gasteiger partial charge in [0.05, 0.1) is 6.04 Å². The van der Waals surface area contributed by atoms with Crippen molar-refractivity contribution < 1.29 is 4.79 Å². The molecule has 0 spiro atoms. The molecular formula is C8H11N3O. The van der Waals surface area contributed by atoms with E-state index in [1.807, 2.05) is 0 Å². The number of rotatable bonds is 2. The van der Waals surface area contributed by atoms with Crippen molar-refractivity contribution in [2.45, 2.75) is 13.0 Å². The van der Waals surface area contributed by atoms with Crippen molar-refractivity contribution >= 4 is 11.6 Å².